The maximum atomic E-state index is 13.2. The first kappa shape index (κ1) is 20.8. The largest absolute Gasteiger partial charge is 0.378 e. The first-order valence-corrected chi connectivity index (χ1v) is 11.5. The van der Waals surface area contributed by atoms with E-state index in [2.05, 4.69) is 6.58 Å². The predicted molar refractivity (Wildman–Crippen MR) is 122 cm³/mol. The van der Waals surface area contributed by atoms with Gasteiger partial charge >= 0.3 is 0 Å². The molecule has 156 valence electrons. The number of amides is 1. The van der Waals surface area contributed by atoms with Crippen molar-refractivity contribution < 1.29 is 9.53 Å². The minimum absolute atomic E-state index is 0.0407. The van der Waals surface area contributed by atoms with E-state index in [4.69, 9.17) is 9.72 Å². The van der Waals surface area contributed by atoms with Gasteiger partial charge in [0.15, 0.2) is 5.16 Å². The Morgan fingerprint density at radius 2 is 2.07 bits per heavy atom. The fourth-order valence-corrected chi connectivity index (χ4v) is 5.45. The SMILES string of the molecule is C=CCn1c(SC(C)C(=O)N2CCOCC2)nc2sc(-c3ccccc3)cc2c1=O. The summed E-state index contributed by atoms with van der Waals surface area (Å²) in [6, 6.07) is 11.9. The van der Waals surface area contributed by atoms with Crippen molar-refractivity contribution in [1.82, 2.24) is 14.5 Å². The molecular formula is C22H23N3O3S2. The molecular weight excluding hydrogens is 418 g/mol. The zero-order valence-electron chi connectivity index (χ0n) is 16.7. The molecule has 0 N–H and O–H groups in total. The molecule has 4 rings (SSSR count). The van der Waals surface area contributed by atoms with Gasteiger partial charge in [-0.1, -0.05) is 48.2 Å². The average molecular weight is 442 g/mol. The van der Waals surface area contributed by atoms with Crippen molar-refractivity contribution in [3.8, 4) is 10.4 Å². The number of thioether (sulfide) groups is 1. The van der Waals surface area contributed by atoms with Gasteiger partial charge in [0.25, 0.3) is 5.56 Å². The van der Waals surface area contributed by atoms with E-state index in [-0.39, 0.29) is 16.7 Å². The molecule has 1 fully saturated rings. The molecule has 0 aliphatic carbocycles. The predicted octanol–water partition coefficient (Wildman–Crippen LogP) is 3.65. The van der Waals surface area contributed by atoms with Crippen molar-refractivity contribution in [2.75, 3.05) is 26.3 Å². The van der Waals surface area contributed by atoms with Crippen LogP contribution in [0.2, 0.25) is 0 Å². The number of morpholine rings is 1. The molecule has 6 nitrogen and oxygen atoms in total. The van der Waals surface area contributed by atoms with Gasteiger partial charge in [-0.25, -0.2) is 4.98 Å². The highest BCUT2D eigenvalue weighted by Crippen LogP contribution is 2.33. The molecule has 0 radical (unpaired) electrons. The van der Waals surface area contributed by atoms with Crippen LogP contribution in [-0.4, -0.2) is 51.9 Å². The third kappa shape index (κ3) is 4.21. The second kappa shape index (κ2) is 9.16. The molecule has 8 heteroatoms. The second-order valence-corrected chi connectivity index (χ2v) is 9.33. The van der Waals surface area contributed by atoms with E-state index in [0.29, 0.717) is 48.2 Å². The Kier molecular flexibility index (Phi) is 6.36. The molecule has 3 aromatic rings. The Labute approximate surface area is 183 Å². The highest BCUT2D eigenvalue weighted by Gasteiger charge is 2.25. The number of hydrogen-bond acceptors (Lipinski definition) is 6. The van der Waals surface area contributed by atoms with Crippen molar-refractivity contribution >= 4 is 39.2 Å². The number of rotatable bonds is 6. The van der Waals surface area contributed by atoms with Gasteiger partial charge in [-0.05, 0) is 18.6 Å². The van der Waals surface area contributed by atoms with Gasteiger partial charge in [0.1, 0.15) is 4.83 Å². The monoisotopic (exact) mass is 441 g/mol. The molecule has 1 saturated heterocycles. The van der Waals surface area contributed by atoms with Crippen LogP contribution in [0.1, 0.15) is 6.92 Å². The lowest BCUT2D eigenvalue weighted by Crippen LogP contribution is -2.44. The lowest BCUT2D eigenvalue weighted by molar-refractivity contribution is -0.134. The van der Waals surface area contributed by atoms with Crippen LogP contribution in [0.15, 0.2) is 59.0 Å². The Morgan fingerprint density at radius 1 is 1.33 bits per heavy atom. The first-order chi connectivity index (χ1) is 14.6. The van der Waals surface area contributed by atoms with Crippen molar-refractivity contribution in [3.05, 3.63) is 59.4 Å². The number of fused-ring (bicyclic) bond motifs is 1. The molecule has 3 heterocycles. The van der Waals surface area contributed by atoms with Gasteiger partial charge in [-0.2, -0.15) is 0 Å². The average Bonchev–Trinajstić information content (AvgIpc) is 3.21. The molecule has 0 spiro atoms. The van der Waals surface area contributed by atoms with E-state index in [0.717, 1.165) is 10.4 Å². The number of ether oxygens (including phenoxy) is 1. The number of thiophene rings is 1. The van der Waals surface area contributed by atoms with Crippen LogP contribution >= 0.6 is 23.1 Å². The minimum Gasteiger partial charge on any atom is -0.378 e. The molecule has 1 amide bonds. The topological polar surface area (TPSA) is 64.4 Å². The molecule has 1 aliphatic rings. The summed E-state index contributed by atoms with van der Waals surface area (Å²) in [6.45, 7) is 8.30. The quantitative estimate of drug-likeness (QED) is 0.332. The highest BCUT2D eigenvalue weighted by molar-refractivity contribution is 8.00. The van der Waals surface area contributed by atoms with E-state index >= 15 is 0 Å². The molecule has 1 aromatic carbocycles. The molecule has 0 saturated carbocycles. The van der Waals surface area contributed by atoms with E-state index in [1.165, 1.54) is 23.1 Å². The number of nitrogens with zero attached hydrogens (tertiary/aromatic N) is 3. The zero-order chi connectivity index (χ0) is 21.1. The summed E-state index contributed by atoms with van der Waals surface area (Å²) >= 11 is 2.82. The van der Waals surface area contributed by atoms with E-state index in [9.17, 15) is 9.59 Å². The normalized spacial score (nSPS) is 15.3. The summed E-state index contributed by atoms with van der Waals surface area (Å²) in [5.41, 5.74) is 0.951. The number of carbonyl (C=O) groups excluding carboxylic acids is 1. The summed E-state index contributed by atoms with van der Waals surface area (Å²) in [4.78, 5) is 34.3. The summed E-state index contributed by atoms with van der Waals surface area (Å²) in [7, 11) is 0. The van der Waals surface area contributed by atoms with Gasteiger partial charge in [0.2, 0.25) is 5.91 Å². The van der Waals surface area contributed by atoms with Crippen LogP contribution in [0, 0.1) is 0 Å². The first-order valence-electron chi connectivity index (χ1n) is 9.82. The van der Waals surface area contributed by atoms with Crippen molar-refractivity contribution in [2.24, 2.45) is 0 Å². The summed E-state index contributed by atoms with van der Waals surface area (Å²) in [5, 5.41) is 0.789. The van der Waals surface area contributed by atoms with Crippen LogP contribution in [-0.2, 0) is 16.1 Å². The molecule has 0 bridgehead atoms. The van der Waals surface area contributed by atoms with Gasteiger partial charge < -0.3 is 9.64 Å². The highest BCUT2D eigenvalue weighted by atomic mass is 32.2. The number of aromatic nitrogens is 2. The lowest BCUT2D eigenvalue weighted by atomic mass is 10.2. The van der Waals surface area contributed by atoms with Crippen LogP contribution < -0.4 is 5.56 Å². The number of hydrogen-bond donors (Lipinski definition) is 0. The van der Waals surface area contributed by atoms with Gasteiger partial charge in [-0.3, -0.25) is 14.2 Å². The molecule has 1 aliphatic heterocycles. The standard InChI is InChI=1S/C22H23N3O3S2/c1-3-9-25-21(27)17-14-18(16-7-5-4-6-8-16)30-19(17)23-22(25)29-15(2)20(26)24-10-12-28-13-11-24/h3-8,14-15H,1,9-13H2,2H3. The van der Waals surface area contributed by atoms with E-state index < -0.39 is 0 Å². The summed E-state index contributed by atoms with van der Waals surface area (Å²) in [6.07, 6.45) is 1.68. The Morgan fingerprint density at radius 3 is 2.77 bits per heavy atom. The Balaban J connectivity index is 1.69. The molecule has 1 atom stereocenters. The number of allylic oxidation sites excluding steroid dienone is 1. The smallest absolute Gasteiger partial charge is 0.263 e. The van der Waals surface area contributed by atoms with Crippen molar-refractivity contribution in [2.45, 2.75) is 23.9 Å². The Hall–Kier alpha value is -2.42. The third-order valence-electron chi connectivity index (χ3n) is 4.94. The van der Waals surface area contributed by atoms with E-state index in [1.807, 2.05) is 48.2 Å². The number of carbonyl (C=O) groups is 1. The lowest BCUT2D eigenvalue weighted by Gasteiger charge is -2.29. The van der Waals surface area contributed by atoms with Crippen LogP contribution in [0.4, 0.5) is 0 Å². The molecule has 2 aromatic heterocycles. The van der Waals surface area contributed by atoms with Crippen LogP contribution in [0.5, 0.6) is 0 Å². The second-order valence-electron chi connectivity index (χ2n) is 6.99. The molecule has 1 unspecified atom stereocenters. The van der Waals surface area contributed by atoms with Crippen LogP contribution in [0.3, 0.4) is 0 Å². The van der Waals surface area contributed by atoms with Crippen molar-refractivity contribution in [1.29, 1.82) is 0 Å². The number of benzene rings is 1. The van der Waals surface area contributed by atoms with Gasteiger partial charge in [0.05, 0.1) is 23.8 Å². The fourth-order valence-electron chi connectivity index (χ4n) is 3.37. The van der Waals surface area contributed by atoms with Crippen molar-refractivity contribution in [3.63, 3.8) is 0 Å². The van der Waals surface area contributed by atoms with Gasteiger partial charge in [-0.15, -0.1) is 17.9 Å². The zero-order valence-corrected chi connectivity index (χ0v) is 18.4. The minimum atomic E-state index is -0.350. The third-order valence-corrected chi connectivity index (χ3v) is 7.09. The van der Waals surface area contributed by atoms with E-state index in [1.54, 1.807) is 10.6 Å². The summed E-state index contributed by atoms with van der Waals surface area (Å²) in [5.74, 6) is 0.0407. The maximum Gasteiger partial charge on any atom is 0.263 e. The van der Waals surface area contributed by atoms with Crippen LogP contribution in [0.25, 0.3) is 20.7 Å². The maximum absolute atomic E-state index is 13.2. The fraction of sp³-hybridized carbons (Fsp3) is 0.318. The Bertz CT molecular complexity index is 1120. The van der Waals surface area contributed by atoms with Gasteiger partial charge in [0, 0.05) is 24.5 Å². The molecule has 30 heavy (non-hydrogen) atoms. The summed E-state index contributed by atoms with van der Waals surface area (Å²) < 4.78 is 6.94.